The molecule has 0 unspecified atom stereocenters. The molecule has 0 saturated heterocycles. The van der Waals surface area contributed by atoms with E-state index in [4.69, 9.17) is 21.1 Å². The van der Waals surface area contributed by atoms with Crippen LogP contribution in [0.1, 0.15) is 28.8 Å². The van der Waals surface area contributed by atoms with Crippen molar-refractivity contribution in [2.24, 2.45) is 0 Å². The van der Waals surface area contributed by atoms with Gasteiger partial charge in [-0.25, -0.2) is 0 Å². The number of amides is 1. The smallest absolute Gasteiger partial charge is 0.220 e. The Bertz CT molecular complexity index is 776. The molecular weight excluding hydrogens is 354 g/mol. The monoisotopic (exact) mass is 375 g/mol. The summed E-state index contributed by atoms with van der Waals surface area (Å²) >= 11 is 5.87. The summed E-state index contributed by atoms with van der Waals surface area (Å²) in [7, 11) is 3.19. The summed E-state index contributed by atoms with van der Waals surface area (Å²) in [4.78, 5) is 24.0. The minimum absolute atomic E-state index is 0.0977. The van der Waals surface area contributed by atoms with E-state index in [2.05, 4.69) is 5.32 Å². The van der Waals surface area contributed by atoms with Gasteiger partial charge in [-0.1, -0.05) is 29.8 Å². The Morgan fingerprint density at radius 1 is 1.04 bits per heavy atom. The number of ketones is 1. The molecule has 6 heteroatoms. The van der Waals surface area contributed by atoms with Gasteiger partial charge in [0.05, 0.1) is 14.2 Å². The van der Waals surface area contributed by atoms with Crippen molar-refractivity contribution in [3.05, 3.63) is 58.6 Å². The molecular formula is C20H22ClNO4. The highest BCUT2D eigenvalue weighted by Gasteiger charge is 2.10. The number of rotatable bonds is 9. The molecule has 0 saturated carbocycles. The van der Waals surface area contributed by atoms with Gasteiger partial charge in [-0.05, 0) is 30.2 Å². The third-order valence-electron chi connectivity index (χ3n) is 3.94. The molecule has 0 heterocycles. The quantitative estimate of drug-likeness (QED) is 0.679. The number of hydrogen-bond acceptors (Lipinski definition) is 4. The van der Waals surface area contributed by atoms with Crippen LogP contribution in [0.2, 0.25) is 5.02 Å². The molecule has 2 rings (SSSR count). The number of carbonyl (C=O) groups excluding carboxylic acids is 2. The lowest BCUT2D eigenvalue weighted by Gasteiger charge is -2.11. The topological polar surface area (TPSA) is 64.6 Å². The Morgan fingerprint density at radius 2 is 1.85 bits per heavy atom. The average Bonchev–Trinajstić information content (AvgIpc) is 2.66. The summed E-state index contributed by atoms with van der Waals surface area (Å²) in [5, 5.41) is 3.33. The standard InChI is InChI=1S/C20H22ClNO4/c1-25-17-7-6-14(19(13-17)26-2)10-11-22-20(24)9-8-18(23)15-4-3-5-16(21)12-15/h3-7,12-13H,8-11H2,1-2H3,(H,22,24). The van der Waals surface area contributed by atoms with Crippen LogP contribution in [0.25, 0.3) is 0 Å². The second-order valence-corrected chi connectivity index (χ2v) is 6.15. The molecule has 1 N–H and O–H groups in total. The number of hydrogen-bond donors (Lipinski definition) is 1. The highest BCUT2D eigenvalue weighted by Crippen LogP contribution is 2.24. The van der Waals surface area contributed by atoms with Gasteiger partial charge in [0, 0.05) is 36.0 Å². The fourth-order valence-electron chi connectivity index (χ4n) is 2.52. The van der Waals surface area contributed by atoms with Gasteiger partial charge in [-0.3, -0.25) is 9.59 Å². The SMILES string of the molecule is COc1ccc(CCNC(=O)CCC(=O)c2cccc(Cl)c2)c(OC)c1. The number of benzene rings is 2. The normalized spacial score (nSPS) is 10.3. The fraction of sp³-hybridized carbons (Fsp3) is 0.300. The molecule has 0 aromatic heterocycles. The molecule has 0 radical (unpaired) electrons. The first-order chi connectivity index (χ1) is 12.5. The van der Waals surface area contributed by atoms with E-state index < -0.39 is 0 Å². The maximum Gasteiger partial charge on any atom is 0.220 e. The molecule has 0 aliphatic heterocycles. The summed E-state index contributed by atoms with van der Waals surface area (Å²) in [6.07, 6.45) is 0.921. The molecule has 0 fully saturated rings. The molecule has 26 heavy (non-hydrogen) atoms. The molecule has 0 spiro atoms. The van der Waals surface area contributed by atoms with Crippen molar-refractivity contribution in [2.75, 3.05) is 20.8 Å². The van der Waals surface area contributed by atoms with Crippen LogP contribution in [0.3, 0.4) is 0 Å². The van der Waals surface area contributed by atoms with Crippen LogP contribution in [0.5, 0.6) is 11.5 Å². The van der Waals surface area contributed by atoms with E-state index in [0.29, 0.717) is 29.3 Å². The summed E-state index contributed by atoms with van der Waals surface area (Å²) in [6, 6.07) is 12.3. The Kier molecular flexibility index (Phi) is 7.48. The van der Waals surface area contributed by atoms with Gasteiger partial charge >= 0.3 is 0 Å². The minimum Gasteiger partial charge on any atom is -0.497 e. The predicted octanol–water partition coefficient (Wildman–Crippen LogP) is 3.68. The molecule has 0 aliphatic carbocycles. The van der Waals surface area contributed by atoms with E-state index in [-0.39, 0.29) is 24.5 Å². The first kappa shape index (κ1) is 19.8. The number of carbonyl (C=O) groups is 2. The Hall–Kier alpha value is -2.53. The van der Waals surface area contributed by atoms with Crippen molar-refractivity contribution in [3.63, 3.8) is 0 Å². The molecule has 0 bridgehead atoms. The van der Waals surface area contributed by atoms with Gasteiger partial charge in [0.1, 0.15) is 11.5 Å². The maximum atomic E-state index is 12.1. The zero-order chi connectivity index (χ0) is 18.9. The zero-order valence-electron chi connectivity index (χ0n) is 14.9. The summed E-state index contributed by atoms with van der Waals surface area (Å²) in [6.45, 7) is 0.465. The van der Waals surface area contributed by atoms with Crippen molar-refractivity contribution in [3.8, 4) is 11.5 Å². The van der Waals surface area contributed by atoms with E-state index in [1.165, 1.54) is 0 Å². The molecule has 2 aromatic rings. The Morgan fingerprint density at radius 3 is 2.54 bits per heavy atom. The van der Waals surface area contributed by atoms with E-state index in [1.54, 1.807) is 44.6 Å². The molecule has 2 aromatic carbocycles. The molecule has 5 nitrogen and oxygen atoms in total. The van der Waals surface area contributed by atoms with Gasteiger partial charge in [-0.15, -0.1) is 0 Å². The van der Waals surface area contributed by atoms with E-state index in [1.807, 2.05) is 12.1 Å². The van der Waals surface area contributed by atoms with Crippen LogP contribution in [0.15, 0.2) is 42.5 Å². The predicted molar refractivity (Wildman–Crippen MR) is 101 cm³/mol. The number of ether oxygens (including phenoxy) is 2. The fourth-order valence-corrected chi connectivity index (χ4v) is 2.71. The number of Topliss-reactive ketones (excluding diaryl/α,β-unsaturated/α-hetero) is 1. The van der Waals surface area contributed by atoms with Crippen molar-refractivity contribution in [2.45, 2.75) is 19.3 Å². The summed E-state index contributed by atoms with van der Waals surface area (Å²) in [5.41, 5.74) is 1.50. The first-order valence-corrected chi connectivity index (χ1v) is 8.67. The van der Waals surface area contributed by atoms with Gasteiger partial charge in [0.2, 0.25) is 5.91 Å². The van der Waals surface area contributed by atoms with Crippen LogP contribution in [0, 0.1) is 0 Å². The van der Waals surface area contributed by atoms with Crippen molar-refractivity contribution >= 4 is 23.3 Å². The van der Waals surface area contributed by atoms with Gasteiger partial charge in [0.15, 0.2) is 5.78 Å². The zero-order valence-corrected chi connectivity index (χ0v) is 15.6. The molecule has 0 aliphatic rings. The average molecular weight is 376 g/mol. The molecule has 1 amide bonds. The largest absolute Gasteiger partial charge is 0.497 e. The highest BCUT2D eigenvalue weighted by molar-refractivity contribution is 6.31. The lowest BCUT2D eigenvalue weighted by Crippen LogP contribution is -2.26. The van der Waals surface area contributed by atoms with E-state index in [9.17, 15) is 9.59 Å². The highest BCUT2D eigenvalue weighted by atomic mass is 35.5. The maximum absolute atomic E-state index is 12.1. The Balaban J connectivity index is 1.78. The first-order valence-electron chi connectivity index (χ1n) is 8.30. The Labute approximate surface area is 158 Å². The third-order valence-corrected chi connectivity index (χ3v) is 4.17. The minimum atomic E-state index is -0.159. The number of methoxy groups -OCH3 is 2. The van der Waals surface area contributed by atoms with Crippen LogP contribution in [-0.2, 0) is 11.2 Å². The lowest BCUT2D eigenvalue weighted by molar-refractivity contribution is -0.121. The molecule has 138 valence electrons. The van der Waals surface area contributed by atoms with E-state index in [0.717, 1.165) is 11.3 Å². The van der Waals surface area contributed by atoms with Crippen molar-refractivity contribution in [1.82, 2.24) is 5.32 Å². The van der Waals surface area contributed by atoms with Gasteiger partial charge in [-0.2, -0.15) is 0 Å². The van der Waals surface area contributed by atoms with Crippen molar-refractivity contribution < 1.29 is 19.1 Å². The lowest BCUT2D eigenvalue weighted by atomic mass is 10.1. The second kappa shape index (κ2) is 9.82. The van der Waals surface area contributed by atoms with Crippen LogP contribution in [0.4, 0.5) is 0 Å². The van der Waals surface area contributed by atoms with Crippen LogP contribution < -0.4 is 14.8 Å². The molecule has 0 atom stereocenters. The second-order valence-electron chi connectivity index (χ2n) is 5.71. The third kappa shape index (κ3) is 5.77. The number of halogens is 1. The van der Waals surface area contributed by atoms with Crippen LogP contribution >= 0.6 is 11.6 Å². The summed E-state index contributed by atoms with van der Waals surface area (Å²) < 4.78 is 10.5. The summed E-state index contributed by atoms with van der Waals surface area (Å²) in [5.74, 6) is 1.18. The van der Waals surface area contributed by atoms with Crippen molar-refractivity contribution in [1.29, 1.82) is 0 Å². The van der Waals surface area contributed by atoms with Gasteiger partial charge < -0.3 is 14.8 Å². The van der Waals surface area contributed by atoms with Crippen LogP contribution in [-0.4, -0.2) is 32.5 Å². The number of nitrogens with one attached hydrogen (secondary N) is 1. The van der Waals surface area contributed by atoms with E-state index >= 15 is 0 Å². The van der Waals surface area contributed by atoms with Gasteiger partial charge in [0.25, 0.3) is 0 Å².